The first-order valence-corrected chi connectivity index (χ1v) is 12.4. The summed E-state index contributed by atoms with van der Waals surface area (Å²) >= 11 is 0. The molecule has 1 fully saturated rings. The number of alkyl halides is 3. The zero-order valence-electron chi connectivity index (χ0n) is 20.6. The number of piperidine rings is 1. The molecular formula is C27H30F3N3O4. The number of nitrogens with one attached hydrogen (secondary N) is 1. The molecule has 0 atom stereocenters. The minimum Gasteiger partial charge on any atom is -0.496 e. The van der Waals surface area contributed by atoms with Crippen LogP contribution in [0.3, 0.4) is 0 Å². The third kappa shape index (κ3) is 5.70. The first-order valence-electron chi connectivity index (χ1n) is 12.4. The number of aromatic nitrogens is 1. The highest BCUT2D eigenvalue weighted by Crippen LogP contribution is 2.33. The standard InChI is InChI=1S/C27H30F3N3O4/c1-35-24-16-26(34)33(22-15-19(27(28,29)30)3-4-21(22)24)11-10-32-8-6-20(7-9-32)31-17-18-2-5-23-25(14-18)37-13-12-36-23/h2-5,14-16,20,31H,6-13,17H2,1H3. The number of methoxy groups -OCH3 is 1. The van der Waals surface area contributed by atoms with E-state index in [1.165, 1.54) is 23.8 Å². The van der Waals surface area contributed by atoms with Crippen molar-refractivity contribution >= 4 is 10.9 Å². The normalized spacial score (nSPS) is 16.8. The van der Waals surface area contributed by atoms with Crippen molar-refractivity contribution in [2.24, 2.45) is 0 Å². The van der Waals surface area contributed by atoms with Crippen molar-refractivity contribution in [3.63, 3.8) is 0 Å². The van der Waals surface area contributed by atoms with E-state index in [9.17, 15) is 18.0 Å². The molecule has 0 bridgehead atoms. The number of hydrogen-bond acceptors (Lipinski definition) is 6. The maximum Gasteiger partial charge on any atom is 0.416 e. The van der Waals surface area contributed by atoms with Crippen molar-refractivity contribution in [3.8, 4) is 17.2 Å². The Balaban J connectivity index is 1.19. The summed E-state index contributed by atoms with van der Waals surface area (Å²) in [5.41, 5.74) is 0.205. The molecule has 37 heavy (non-hydrogen) atoms. The van der Waals surface area contributed by atoms with Gasteiger partial charge in [-0.2, -0.15) is 13.2 Å². The van der Waals surface area contributed by atoms with Crippen molar-refractivity contribution in [1.82, 2.24) is 14.8 Å². The van der Waals surface area contributed by atoms with Gasteiger partial charge in [-0.3, -0.25) is 4.79 Å². The van der Waals surface area contributed by atoms with Crippen LogP contribution in [0.4, 0.5) is 13.2 Å². The van der Waals surface area contributed by atoms with Gasteiger partial charge in [0, 0.05) is 37.1 Å². The smallest absolute Gasteiger partial charge is 0.416 e. The first-order chi connectivity index (χ1) is 17.8. The van der Waals surface area contributed by atoms with Gasteiger partial charge < -0.3 is 29.0 Å². The summed E-state index contributed by atoms with van der Waals surface area (Å²) in [6.07, 6.45) is -2.60. The van der Waals surface area contributed by atoms with Gasteiger partial charge >= 0.3 is 6.18 Å². The molecule has 10 heteroatoms. The highest BCUT2D eigenvalue weighted by Gasteiger charge is 2.31. The van der Waals surface area contributed by atoms with Crippen molar-refractivity contribution < 1.29 is 27.4 Å². The van der Waals surface area contributed by atoms with Crippen LogP contribution in [0.25, 0.3) is 10.9 Å². The van der Waals surface area contributed by atoms with Crippen molar-refractivity contribution in [2.45, 2.75) is 38.1 Å². The van der Waals surface area contributed by atoms with Crippen LogP contribution >= 0.6 is 0 Å². The largest absolute Gasteiger partial charge is 0.496 e. The van der Waals surface area contributed by atoms with Gasteiger partial charge in [0.2, 0.25) is 0 Å². The molecule has 0 radical (unpaired) electrons. The lowest BCUT2D eigenvalue weighted by molar-refractivity contribution is -0.137. The molecule has 3 heterocycles. The van der Waals surface area contributed by atoms with Gasteiger partial charge in [-0.25, -0.2) is 0 Å². The van der Waals surface area contributed by atoms with Gasteiger partial charge in [0.15, 0.2) is 11.5 Å². The van der Waals surface area contributed by atoms with E-state index in [0.717, 1.165) is 61.7 Å². The molecule has 0 saturated carbocycles. The molecule has 2 aliphatic rings. The van der Waals surface area contributed by atoms with E-state index in [1.807, 2.05) is 18.2 Å². The van der Waals surface area contributed by atoms with E-state index >= 15 is 0 Å². The Morgan fingerprint density at radius 1 is 1.00 bits per heavy atom. The van der Waals surface area contributed by atoms with E-state index in [4.69, 9.17) is 14.2 Å². The lowest BCUT2D eigenvalue weighted by Crippen LogP contribution is -2.43. The third-order valence-corrected chi connectivity index (χ3v) is 7.05. The quantitative estimate of drug-likeness (QED) is 0.510. The zero-order valence-corrected chi connectivity index (χ0v) is 20.6. The van der Waals surface area contributed by atoms with Crippen LogP contribution in [0.15, 0.2) is 47.3 Å². The fraction of sp³-hybridized carbons (Fsp3) is 0.444. The molecule has 1 aromatic heterocycles. The zero-order chi connectivity index (χ0) is 26.0. The van der Waals surface area contributed by atoms with Crippen molar-refractivity contribution in [2.75, 3.05) is 40.0 Å². The van der Waals surface area contributed by atoms with Crippen LogP contribution in [0.1, 0.15) is 24.0 Å². The predicted octanol–water partition coefficient (Wildman–Crippen LogP) is 4.05. The molecule has 7 nitrogen and oxygen atoms in total. The Bertz CT molecular complexity index is 1320. The number of nitrogens with zero attached hydrogens (tertiary/aromatic N) is 2. The van der Waals surface area contributed by atoms with Gasteiger partial charge in [-0.05, 0) is 61.8 Å². The maximum atomic E-state index is 13.3. The number of benzene rings is 2. The molecule has 2 aliphatic heterocycles. The Kier molecular flexibility index (Phi) is 7.30. The average Bonchev–Trinajstić information content (AvgIpc) is 2.90. The topological polar surface area (TPSA) is 65.0 Å². The van der Waals surface area contributed by atoms with Crippen LogP contribution in [-0.4, -0.2) is 55.5 Å². The van der Waals surface area contributed by atoms with Gasteiger partial charge in [0.05, 0.1) is 18.2 Å². The molecule has 1 saturated heterocycles. The van der Waals surface area contributed by atoms with E-state index < -0.39 is 11.7 Å². The van der Waals surface area contributed by atoms with Gasteiger partial charge in [0.25, 0.3) is 5.56 Å². The maximum absolute atomic E-state index is 13.3. The number of hydrogen-bond donors (Lipinski definition) is 1. The van der Waals surface area contributed by atoms with E-state index in [-0.39, 0.29) is 16.8 Å². The number of likely N-dealkylation sites (tertiary alicyclic amines) is 1. The monoisotopic (exact) mass is 517 g/mol. The predicted molar refractivity (Wildman–Crippen MR) is 133 cm³/mol. The highest BCUT2D eigenvalue weighted by atomic mass is 19.4. The van der Waals surface area contributed by atoms with E-state index in [0.29, 0.717) is 37.7 Å². The summed E-state index contributed by atoms with van der Waals surface area (Å²) in [5.74, 6) is 1.83. The molecule has 3 aromatic rings. The number of rotatable bonds is 7. The van der Waals surface area contributed by atoms with Crippen molar-refractivity contribution in [1.29, 1.82) is 0 Å². The third-order valence-electron chi connectivity index (χ3n) is 7.05. The Hall–Kier alpha value is -3.24. The summed E-state index contributed by atoms with van der Waals surface area (Å²) in [7, 11) is 1.40. The second kappa shape index (κ2) is 10.6. The Labute approximate surface area is 212 Å². The van der Waals surface area contributed by atoms with Crippen molar-refractivity contribution in [3.05, 3.63) is 63.9 Å². The summed E-state index contributed by atoms with van der Waals surface area (Å²) < 4.78 is 57.9. The molecule has 1 N–H and O–H groups in total. The molecular weight excluding hydrogens is 487 g/mol. The minimum atomic E-state index is -4.49. The van der Waals surface area contributed by atoms with Crippen LogP contribution in [0, 0.1) is 0 Å². The summed E-state index contributed by atoms with van der Waals surface area (Å²) in [6.45, 7) is 4.43. The van der Waals surface area contributed by atoms with E-state index in [2.05, 4.69) is 10.2 Å². The summed E-state index contributed by atoms with van der Waals surface area (Å²) in [5, 5.41) is 4.09. The minimum absolute atomic E-state index is 0.232. The molecule has 198 valence electrons. The number of fused-ring (bicyclic) bond motifs is 2. The number of ether oxygens (including phenoxy) is 3. The number of halogens is 3. The Morgan fingerprint density at radius 2 is 1.76 bits per heavy atom. The molecule has 2 aromatic carbocycles. The molecule has 0 aliphatic carbocycles. The van der Waals surface area contributed by atoms with Crippen LogP contribution < -0.4 is 25.1 Å². The van der Waals surface area contributed by atoms with Crippen LogP contribution in [0.2, 0.25) is 0 Å². The lowest BCUT2D eigenvalue weighted by atomic mass is 10.0. The fourth-order valence-electron chi connectivity index (χ4n) is 4.99. The SMILES string of the molecule is COc1cc(=O)n(CCN2CCC(NCc3ccc4c(c3)OCCO4)CC2)c2cc(C(F)(F)F)ccc12. The molecule has 0 unspecified atom stereocenters. The Morgan fingerprint density at radius 3 is 2.49 bits per heavy atom. The number of pyridine rings is 1. The first kappa shape index (κ1) is 25.4. The van der Waals surface area contributed by atoms with E-state index in [1.54, 1.807) is 0 Å². The fourth-order valence-corrected chi connectivity index (χ4v) is 4.99. The van der Waals surface area contributed by atoms with Gasteiger partial charge in [-0.1, -0.05) is 6.07 Å². The molecule has 0 spiro atoms. The van der Waals surface area contributed by atoms with Gasteiger partial charge in [0.1, 0.15) is 19.0 Å². The highest BCUT2D eigenvalue weighted by molar-refractivity contribution is 5.86. The van der Waals surface area contributed by atoms with Gasteiger partial charge in [-0.15, -0.1) is 0 Å². The molecule has 0 amide bonds. The second-order valence-corrected chi connectivity index (χ2v) is 9.41. The summed E-state index contributed by atoms with van der Waals surface area (Å²) in [4.78, 5) is 15.0. The van der Waals surface area contributed by atoms with Crippen LogP contribution in [-0.2, 0) is 19.3 Å². The average molecular weight is 518 g/mol. The van der Waals surface area contributed by atoms with Crippen LogP contribution in [0.5, 0.6) is 17.2 Å². The second-order valence-electron chi connectivity index (χ2n) is 9.41. The lowest BCUT2D eigenvalue weighted by Gasteiger charge is -2.32. The summed E-state index contributed by atoms with van der Waals surface area (Å²) in [6, 6.07) is 11.1. The molecule has 5 rings (SSSR count).